The molecule has 0 bridgehead atoms. The Kier molecular flexibility index (Phi) is 4.44. The summed E-state index contributed by atoms with van der Waals surface area (Å²) in [5.74, 6) is 0.928. The monoisotopic (exact) mass is 366 g/mol. The summed E-state index contributed by atoms with van der Waals surface area (Å²) in [7, 11) is 4.19. The van der Waals surface area contributed by atoms with Crippen molar-refractivity contribution in [1.82, 2.24) is 29.5 Å². The fourth-order valence-corrected chi connectivity index (χ4v) is 3.37. The maximum absolute atomic E-state index is 12.8. The van der Waals surface area contributed by atoms with Crippen molar-refractivity contribution in [2.75, 3.05) is 37.4 Å². The third kappa shape index (κ3) is 3.33. The van der Waals surface area contributed by atoms with Gasteiger partial charge in [-0.3, -0.25) is 9.78 Å². The van der Waals surface area contributed by atoms with E-state index in [0.717, 1.165) is 25.3 Å². The topological polar surface area (TPSA) is 91.5 Å². The van der Waals surface area contributed by atoms with Crippen LogP contribution in [-0.4, -0.2) is 68.6 Å². The number of rotatable bonds is 4. The van der Waals surface area contributed by atoms with E-state index in [0.29, 0.717) is 28.9 Å². The number of anilines is 2. The van der Waals surface area contributed by atoms with Gasteiger partial charge in [0.15, 0.2) is 17.2 Å². The first-order valence-corrected chi connectivity index (χ1v) is 8.88. The molecule has 0 unspecified atom stereocenters. The zero-order valence-corrected chi connectivity index (χ0v) is 15.6. The predicted molar refractivity (Wildman–Crippen MR) is 102 cm³/mol. The van der Waals surface area contributed by atoms with Crippen LogP contribution in [0.15, 0.2) is 30.7 Å². The van der Waals surface area contributed by atoms with E-state index in [2.05, 4.69) is 44.2 Å². The van der Waals surface area contributed by atoms with Gasteiger partial charge < -0.3 is 15.1 Å². The standard InChI is InChI=1S/C18H22N8O/c1-12-17(18(27)22-14-10-19-7-8-20-14)26-15(21-12)4-5-16(23-26)25-9-6-13(11-25)24(2)3/h4-5,7-8,10,13H,6,9,11H2,1-3H3,(H,20,22,27)/t13-/m0/s1. The number of carbonyl (C=O) groups excluding carboxylic acids is 1. The van der Waals surface area contributed by atoms with Gasteiger partial charge in [-0.05, 0) is 39.6 Å². The molecule has 1 fully saturated rings. The van der Waals surface area contributed by atoms with Crippen LogP contribution in [0.5, 0.6) is 0 Å². The van der Waals surface area contributed by atoms with Gasteiger partial charge in [0.25, 0.3) is 5.91 Å². The summed E-state index contributed by atoms with van der Waals surface area (Å²) in [6.45, 7) is 3.66. The molecule has 3 aromatic rings. The lowest BCUT2D eigenvalue weighted by Crippen LogP contribution is -2.32. The fraction of sp³-hybridized carbons (Fsp3) is 0.389. The number of aromatic nitrogens is 5. The number of likely N-dealkylation sites (N-methyl/N-ethyl adjacent to an activating group) is 1. The Morgan fingerprint density at radius 1 is 1.30 bits per heavy atom. The minimum absolute atomic E-state index is 0.308. The molecule has 0 spiro atoms. The number of imidazole rings is 1. The largest absolute Gasteiger partial charge is 0.354 e. The first kappa shape index (κ1) is 17.3. The van der Waals surface area contributed by atoms with Crippen LogP contribution in [0.4, 0.5) is 11.6 Å². The maximum Gasteiger partial charge on any atom is 0.277 e. The minimum atomic E-state index is -0.308. The van der Waals surface area contributed by atoms with Crippen molar-refractivity contribution in [3.8, 4) is 0 Å². The van der Waals surface area contributed by atoms with Crippen LogP contribution >= 0.6 is 0 Å². The number of hydrogen-bond acceptors (Lipinski definition) is 7. The molecule has 3 aromatic heterocycles. The van der Waals surface area contributed by atoms with Crippen molar-refractivity contribution in [2.45, 2.75) is 19.4 Å². The molecule has 1 amide bonds. The van der Waals surface area contributed by atoms with Gasteiger partial charge in [-0.2, -0.15) is 0 Å². The molecular weight excluding hydrogens is 344 g/mol. The number of aryl methyl sites for hydroxylation is 1. The number of hydrogen-bond donors (Lipinski definition) is 1. The Labute approximate surface area is 157 Å². The van der Waals surface area contributed by atoms with Crippen LogP contribution in [0.2, 0.25) is 0 Å². The van der Waals surface area contributed by atoms with Gasteiger partial charge >= 0.3 is 0 Å². The van der Waals surface area contributed by atoms with Gasteiger partial charge in [-0.1, -0.05) is 0 Å². The van der Waals surface area contributed by atoms with E-state index in [1.807, 2.05) is 12.1 Å². The summed E-state index contributed by atoms with van der Waals surface area (Å²) in [5, 5.41) is 7.45. The molecule has 4 heterocycles. The van der Waals surface area contributed by atoms with Crippen LogP contribution in [0, 0.1) is 6.92 Å². The second-order valence-corrected chi connectivity index (χ2v) is 6.90. The summed E-state index contributed by atoms with van der Waals surface area (Å²) >= 11 is 0. The number of nitrogens with one attached hydrogen (secondary N) is 1. The van der Waals surface area contributed by atoms with Gasteiger partial charge in [0.2, 0.25) is 0 Å². The highest BCUT2D eigenvalue weighted by Gasteiger charge is 2.26. The van der Waals surface area contributed by atoms with Crippen molar-refractivity contribution in [2.24, 2.45) is 0 Å². The summed E-state index contributed by atoms with van der Waals surface area (Å²) in [6, 6.07) is 4.37. The normalized spacial score (nSPS) is 17.0. The molecule has 1 aliphatic heterocycles. The quantitative estimate of drug-likeness (QED) is 0.742. The van der Waals surface area contributed by atoms with Crippen molar-refractivity contribution < 1.29 is 4.79 Å². The van der Waals surface area contributed by atoms with Crippen molar-refractivity contribution in [3.63, 3.8) is 0 Å². The molecule has 1 aliphatic rings. The molecule has 9 heteroatoms. The van der Waals surface area contributed by atoms with Crippen LogP contribution in [0.3, 0.4) is 0 Å². The lowest BCUT2D eigenvalue weighted by atomic mass is 10.2. The molecule has 1 saturated heterocycles. The van der Waals surface area contributed by atoms with Crippen molar-refractivity contribution in [1.29, 1.82) is 0 Å². The molecule has 0 aliphatic carbocycles. The van der Waals surface area contributed by atoms with E-state index in [1.165, 1.54) is 12.4 Å². The third-order valence-corrected chi connectivity index (χ3v) is 4.88. The van der Waals surface area contributed by atoms with Gasteiger partial charge in [0, 0.05) is 31.5 Å². The smallest absolute Gasteiger partial charge is 0.277 e. The average Bonchev–Trinajstić information content (AvgIpc) is 3.26. The average molecular weight is 366 g/mol. The van der Waals surface area contributed by atoms with Crippen molar-refractivity contribution >= 4 is 23.2 Å². The Morgan fingerprint density at radius 3 is 2.85 bits per heavy atom. The molecule has 0 radical (unpaired) electrons. The van der Waals surface area contributed by atoms with Gasteiger partial charge in [-0.15, -0.1) is 5.10 Å². The third-order valence-electron chi connectivity index (χ3n) is 4.88. The van der Waals surface area contributed by atoms with E-state index in [9.17, 15) is 4.79 Å². The van der Waals surface area contributed by atoms with E-state index >= 15 is 0 Å². The van der Waals surface area contributed by atoms with Crippen LogP contribution in [-0.2, 0) is 0 Å². The molecular formula is C18H22N8O. The summed E-state index contributed by atoms with van der Waals surface area (Å²) in [4.78, 5) is 29.8. The highest BCUT2D eigenvalue weighted by Crippen LogP contribution is 2.22. The minimum Gasteiger partial charge on any atom is -0.354 e. The highest BCUT2D eigenvalue weighted by molar-refractivity contribution is 6.03. The van der Waals surface area contributed by atoms with E-state index in [4.69, 9.17) is 5.10 Å². The lowest BCUT2D eigenvalue weighted by Gasteiger charge is -2.21. The van der Waals surface area contributed by atoms with E-state index in [-0.39, 0.29) is 5.91 Å². The summed E-state index contributed by atoms with van der Waals surface area (Å²) in [6.07, 6.45) is 5.68. The predicted octanol–water partition coefficient (Wildman–Crippen LogP) is 1.22. The number of nitrogens with zero attached hydrogens (tertiary/aromatic N) is 7. The first-order valence-electron chi connectivity index (χ1n) is 8.88. The molecule has 4 rings (SSSR count). The molecule has 27 heavy (non-hydrogen) atoms. The number of fused-ring (bicyclic) bond motifs is 1. The molecule has 9 nitrogen and oxygen atoms in total. The summed E-state index contributed by atoms with van der Waals surface area (Å²) in [5.41, 5.74) is 1.67. The molecule has 1 atom stereocenters. The highest BCUT2D eigenvalue weighted by atomic mass is 16.2. The zero-order valence-electron chi connectivity index (χ0n) is 15.6. The second-order valence-electron chi connectivity index (χ2n) is 6.90. The van der Waals surface area contributed by atoms with Gasteiger partial charge in [-0.25, -0.2) is 14.5 Å². The van der Waals surface area contributed by atoms with E-state index in [1.54, 1.807) is 17.6 Å². The van der Waals surface area contributed by atoms with Gasteiger partial charge in [0.1, 0.15) is 5.82 Å². The molecule has 0 aromatic carbocycles. The molecule has 0 saturated carbocycles. The van der Waals surface area contributed by atoms with Crippen LogP contribution in [0.25, 0.3) is 5.65 Å². The van der Waals surface area contributed by atoms with Crippen molar-refractivity contribution in [3.05, 3.63) is 42.1 Å². The molecule has 1 N–H and O–H groups in total. The first-order chi connectivity index (χ1) is 13.0. The Hall–Kier alpha value is -3.07. The second kappa shape index (κ2) is 6.92. The maximum atomic E-state index is 12.8. The fourth-order valence-electron chi connectivity index (χ4n) is 3.37. The van der Waals surface area contributed by atoms with Crippen LogP contribution < -0.4 is 10.2 Å². The lowest BCUT2D eigenvalue weighted by molar-refractivity contribution is 0.101. The SMILES string of the molecule is Cc1nc2ccc(N3CC[C@H](N(C)C)C3)nn2c1C(=O)Nc1cnccn1. The Balaban J connectivity index is 1.65. The van der Waals surface area contributed by atoms with E-state index < -0.39 is 0 Å². The molecule has 140 valence electrons. The summed E-state index contributed by atoms with van der Waals surface area (Å²) < 4.78 is 1.61. The number of amides is 1. The van der Waals surface area contributed by atoms with Crippen LogP contribution in [0.1, 0.15) is 22.6 Å². The zero-order chi connectivity index (χ0) is 19.0. The van der Waals surface area contributed by atoms with Gasteiger partial charge in [0.05, 0.1) is 11.9 Å². The number of carbonyl (C=O) groups is 1. The Morgan fingerprint density at radius 2 is 2.15 bits per heavy atom. The Bertz CT molecular complexity index is 968.